The highest BCUT2D eigenvalue weighted by Gasteiger charge is 2.55. The molecule has 0 saturated carbocycles. The summed E-state index contributed by atoms with van der Waals surface area (Å²) in [6.07, 6.45) is -4.58. The summed E-state index contributed by atoms with van der Waals surface area (Å²) in [7, 11) is -2.04. The summed E-state index contributed by atoms with van der Waals surface area (Å²) in [4.78, 5) is 15.7. The maximum Gasteiger partial charge on any atom is 0.416 e. The van der Waals surface area contributed by atoms with Crippen molar-refractivity contribution in [2.75, 3.05) is 28.4 Å². The monoisotopic (exact) mass is 426 g/mol. The number of methoxy groups -OCH3 is 1. The van der Waals surface area contributed by atoms with Gasteiger partial charge < -0.3 is 4.74 Å². The van der Waals surface area contributed by atoms with E-state index in [4.69, 9.17) is 4.74 Å². The number of alkyl halides is 3. The van der Waals surface area contributed by atoms with E-state index in [0.29, 0.717) is 11.4 Å². The van der Waals surface area contributed by atoms with Gasteiger partial charge in [0.15, 0.2) is 9.84 Å². The summed E-state index contributed by atoms with van der Waals surface area (Å²) in [5, 5.41) is 0. The summed E-state index contributed by atoms with van der Waals surface area (Å²) in [5.74, 6) is -0.211. The lowest BCUT2D eigenvalue weighted by atomic mass is 10.1. The number of ether oxygens (including phenoxy) is 1. The number of para-hydroxylation sites is 2. The van der Waals surface area contributed by atoms with Gasteiger partial charge in [-0.05, 0) is 30.3 Å². The number of hydrogen-bond donors (Lipinski definition) is 0. The van der Waals surface area contributed by atoms with Crippen LogP contribution in [0, 0.1) is 0 Å². The van der Waals surface area contributed by atoms with E-state index in [1.807, 2.05) is 0 Å². The highest BCUT2D eigenvalue weighted by atomic mass is 32.2. The van der Waals surface area contributed by atoms with Gasteiger partial charge in [-0.2, -0.15) is 13.2 Å². The van der Waals surface area contributed by atoms with E-state index in [-0.39, 0.29) is 17.2 Å². The molecule has 2 aromatic carbocycles. The average Bonchev–Trinajstić information content (AvgIpc) is 3.09. The van der Waals surface area contributed by atoms with Crippen molar-refractivity contribution in [3.05, 3.63) is 54.1 Å². The molecule has 2 atom stereocenters. The number of amides is 2. The van der Waals surface area contributed by atoms with Crippen LogP contribution in [-0.2, 0) is 16.0 Å². The second-order valence-electron chi connectivity index (χ2n) is 6.95. The number of halogens is 3. The number of urea groups is 1. The SMILES string of the molecule is COc1ccccc1N1C(=O)N(c2cccc(C(F)(F)F)c2)[C@@H]2CS(=O)(=O)C[C@@H]21. The van der Waals surface area contributed by atoms with Gasteiger partial charge in [0.2, 0.25) is 0 Å². The molecule has 2 saturated heterocycles. The molecule has 0 N–H and O–H groups in total. The standard InChI is InChI=1S/C19H17F3N2O4S/c1-28-17-8-3-2-7-14(17)24-16-11-29(26,27)10-15(16)23(18(24)25)13-6-4-5-12(9-13)19(20,21)22/h2-9,15-16H,10-11H2,1H3/t15-,16+/m1/s1. The lowest BCUT2D eigenvalue weighted by Crippen LogP contribution is -2.38. The molecule has 2 amide bonds. The first kappa shape index (κ1) is 19.6. The third kappa shape index (κ3) is 3.31. The molecule has 2 fully saturated rings. The van der Waals surface area contributed by atoms with Gasteiger partial charge in [-0.3, -0.25) is 9.80 Å². The lowest BCUT2D eigenvalue weighted by molar-refractivity contribution is -0.137. The Balaban J connectivity index is 1.83. The summed E-state index contributed by atoms with van der Waals surface area (Å²) < 4.78 is 69.4. The average molecular weight is 426 g/mol. The summed E-state index contributed by atoms with van der Waals surface area (Å²) in [5.41, 5.74) is -0.521. The van der Waals surface area contributed by atoms with Crippen LogP contribution in [-0.4, -0.2) is 45.1 Å². The zero-order valence-corrected chi connectivity index (χ0v) is 16.1. The van der Waals surface area contributed by atoms with Crippen LogP contribution < -0.4 is 14.5 Å². The van der Waals surface area contributed by atoms with E-state index in [9.17, 15) is 26.4 Å². The Morgan fingerprint density at radius 2 is 1.66 bits per heavy atom. The minimum absolute atomic E-state index is 0.00863. The minimum atomic E-state index is -4.58. The first-order valence-corrected chi connectivity index (χ1v) is 10.6. The molecule has 0 unspecified atom stereocenters. The van der Waals surface area contributed by atoms with Gasteiger partial charge in [-0.15, -0.1) is 0 Å². The lowest BCUT2D eigenvalue weighted by Gasteiger charge is -2.24. The van der Waals surface area contributed by atoms with Crippen LogP contribution >= 0.6 is 0 Å². The van der Waals surface area contributed by atoms with Crippen LogP contribution in [0.4, 0.5) is 29.3 Å². The molecular weight excluding hydrogens is 409 g/mol. The van der Waals surface area contributed by atoms with Gasteiger partial charge in [0.25, 0.3) is 0 Å². The molecule has 4 rings (SSSR count). The molecule has 2 aliphatic heterocycles. The molecule has 154 valence electrons. The van der Waals surface area contributed by atoms with Crippen LogP contribution in [0.5, 0.6) is 5.75 Å². The second-order valence-corrected chi connectivity index (χ2v) is 9.11. The smallest absolute Gasteiger partial charge is 0.416 e. The Kier molecular flexibility index (Phi) is 4.49. The maximum atomic E-state index is 13.3. The molecule has 2 heterocycles. The largest absolute Gasteiger partial charge is 0.495 e. The molecule has 0 aliphatic carbocycles. The number of anilines is 2. The summed E-state index contributed by atoms with van der Waals surface area (Å²) >= 11 is 0. The molecular formula is C19H17F3N2O4S. The molecule has 2 aliphatic rings. The predicted octanol–water partition coefficient (Wildman–Crippen LogP) is 3.33. The minimum Gasteiger partial charge on any atom is -0.495 e. The predicted molar refractivity (Wildman–Crippen MR) is 101 cm³/mol. The van der Waals surface area contributed by atoms with E-state index in [0.717, 1.165) is 17.0 Å². The van der Waals surface area contributed by atoms with Crippen molar-refractivity contribution in [1.29, 1.82) is 0 Å². The van der Waals surface area contributed by atoms with Crippen molar-refractivity contribution >= 4 is 27.2 Å². The number of fused-ring (bicyclic) bond motifs is 1. The Labute approximate surface area is 165 Å². The van der Waals surface area contributed by atoms with Crippen molar-refractivity contribution in [2.24, 2.45) is 0 Å². The highest BCUT2D eigenvalue weighted by molar-refractivity contribution is 7.91. The number of sulfone groups is 1. The topological polar surface area (TPSA) is 66.9 Å². The number of nitrogens with zero attached hydrogens (tertiary/aromatic N) is 2. The van der Waals surface area contributed by atoms with Crippen LogP contribution in [0.2, 0.25) is 0 Å². The van der Waals surface area contributed by atoms with Crippen LogP contribution in [0.3, 0.4) is 0 Å². The molecule has 0 aromatic heterocycles. The molecule has 10 heteroatoms. The Hall–Kier alpha value is -2.75. The molecule has 0 radical (unpaired) electrons. The Morgan fingerprint density at radius 1 is 1.00 bits per heavy atom. The Morgan fingerprint density at radius 3 is 2.31 bits per heavy atom. The van der Waals surface area contributed by atoms with Crippen molar-refractivity contribution in [2.45, 2.75) is 18.3 Å². The van der Waals surface area contributed by atoms with Gasteiger partial charge >= 0.3 is 12.2 Å². The highest BCUT2D eigenvalue weighted by Crippen LogP contribution is 2.42. The molecule has 0 spiro atoms. The number of carbonyl (C=O) groups is 1. The third-order valence-electron chi connectivity index (χ3n) is 5.17. The summed E-state index contributed by atoms with van der Waals surface area (Å²) in [6.45, 7) is 0. The number of hydrogen-bond acceptors (Lipinski definition) is 4. The van der Waals surface area contributed by atoms with Gasteiger partial charge in [-0.1, -0.05) is 18.2 Å². The van der Waals surface area contributed by atoms with Crippen molar-refractivity contribution in [1.82, 2.24) is 0 Å². The van der Waals surface area contributed by atoms with Crippen LogP contribution in [0.15, 0.2) is 48.5 Å². The normalized spacial score (nSPS) is 23.4. The molecule has 6 nitrogen and oxygen atoms in total. The van der Waals surface area contributed by atoms with E-state index in [1.54, 1.807) is 24.3 Å². The van der Waals surface area contributed by atoms with Crippen LogP contribution in [0.25, 0.3) is 0 Å². The number of benzene rings is 2. The van der Waals surface area contributed by atoms with Crippen molar-refractivity contribution in [3.8, 4) is 5.75 Å². The van der Waals surface area contributed by atoms with Crippen molar-refractivity contribution < 1.29 is 31.1 Å². The second kappa shape index (κ2) is 6.65. The van der Waals surface area contributed by atoms with Gasteiger partial charge in [0, 0.05) is 5.69 Å². The van der Waals surface area contributed by atoms with Crippen LogP contribution in [0.1, 0.15) is 5.56 Å². The van der Waals surface area contributed by atoms with E-state index >= 15 is 0 Å². The van der Waals surface area contributed by atoms with Gasteiger partial charge in [-0.25, -0.2) is 13.2 Å². The number of rotatable bonds is 3. The first-order chi connectivity index (χ1) is 13.6. The molecule has 0 bridgehead atoms. The zero-order valence-electron chi connectivity index (χ0n) is 15.3. The fourth-order valence-corrected chi connectivity index (χ4v) is 5.87. The Bertz CT molecular complexity index is 1070. The fraction of sp³-hybridized carbons (Fsp3) is 0.316. The molecule has 29 heavy (non-hydrogen) atoms. The quantitative estimate of drug-likeness (QED) is 0.707. The number of carbonyl (C=O) groups excluding carboxylic acids is 1. The first-order valence-electron chi connectivity index (χ1n) is 8.75. The fourth-order valence-electron chi connectivity index (χ4n) is 3.95. The summed E-state index contributed by atoms with van der Waals surface area (Å²) in [6, 6.07) is 8.89. The van der Waals surface area contributed by atoms with E-state index in [1.165, 1.54) is 24.1 Å². The van der Waals surface area contributed by atoms with Gasteiger partial charge in [0.1, 0.15) is 5.75 Å². The molecule has 2 aromatic rings. The van der Waals surface area contributed by atoms with E-state index in [2.05, 4.69) is 0 Å². The van der Waals surface area contributed by atoms with Crippen molar-refractivity contribution in [3.63, 3.8) is 0 Å². The van der Waals surface area contributed by atoms with Gasteiger partial charge in [0.05, 0.1) is 42.0 Å². The zero-order chi connectivity index (χ0) is 21.0. The maximum absolute atomic E-state index is 13.3. The third-order valence-corrected chi connectivity index (χ3v) is 6.86. The van der Waals surface area contributed by atoms with E-state index < -0.39 is 39.7 Å².